The van der Waals surface area contributed by atoms with Crippen LogP contribution in [0.2, 0.25) is 0 Å². The maximum atomic E-state index is 12.2. The van der Waals surface area contributed by atoms with E-state index in [9.17, 15) is 9.59 Å². The monoisotopic (exact) mass is 375 g/mol. The van der Waals surface area contributed by atoms with Crippen LogP contribution in [0.1, 0.15) is 24.5 Å². The molecule has 2 heterocycles. The third kappa shape index (κ3) is 3.64. The van der Waals surface area contributed by atoms with Crippen molar-refractivity contribution >= 4 is 27.8 Å². The summed E-state index contributed by atoms with van der Waals surface area (Å²) in [6.07, 6.45) is 1.51. The van der Waals surface area contributed by atoms with E-state index < -0.39 is 0 Å². The molecular weight excluding hydrogens is 354 g/mol. The Labute approximate surface area is 161 Å². The number of carbonyl (C=O) groups is 1. The highest BCUT2D eigenvalue weighted by atomic mass is 16.1. The fraction of sp³-hybridized carbons (Fsp3) is 0.238. The molecule has 0 atom stereocenters. The molecule has 1 amide bonds. The van der Waals surface area contributed by atoms with E-state index in [2.05, 4.69) is 20.3 Å². The molecule has 0 fully saturated rings. The summed E-state index contributed by atoms with van der Waals surface area (Å²) in [5.74, 6) is 1.37. The van der Waals surface area contributed by atoms with Gasteiger partial charge < -0.3 is 14.9 Å². The second-order valence-electron chi connectivity index (χ2n) is 6.74. The van der Waals surface area contributed by atoms with Gasteiger partial charge in [-0.1, -0.05) is 24.3 Å². The van der Waals surface area contributed by atoms with E-state index >= 15 is 0 Å². The highest BCUT2D eigenvalue weighted by Crippen LogP contribution is 2.14. The zero-order valence-corrected chi connectivity index (χ0v) is 15.6. The van der Waals surface area contributed by atoms with Gasteiger partial charge in [0.25, 0.3) is 5.56 Å². The van der Waals surface area contributed by atoms with Crippen molar-refractivity contribution in [1.82, 2.24) is 24.8 Å². The number of H-pyrrole nitrogens is 1. The predicted octanol–water partition coefficient (Wildman–Crippen LogP) is 2.45. The van der Waals surface area contributed by atoms with Crippen LogP contribution in [0.3, 0.4) is 0 Å². The van der Waals surface area contributed by atoms with Gasteiger partial charge in [0, 0.05) is 19.9 Å². The molecule has 2 aromatic heterocycles. The number of carbonyl (C=O) groups excluding carboxylic acids is 1. The average Bonchev–Trinajstić information content (AvgIpc) is 3.02. The molecule has 7 heteroatoms. The number of aromatic amines is 1. The highest BCUT2D eigenvalue weighted by molar-refractivity contribution is 5.78. The molecule has 4 rings (SSSR count). The van der Waals surface area contributed by atoms with Crippen LogP contribution in [0.4, 0.5) is 0 Å². The zero-order valence-electron chi connectivity index (χ0n) is 15.6. The van der Waals surface area contributed by atoms with Crippen molar-refractivity contribution in [3.63, 3.8) is 0 Å². The van der Waals surface area contributed by atoms with E-state index in [0.29, 0.717) is 42.5 Å². The van der Waals surface area contributed by atoms with E-state index in [-0.39, 0.29) is 11.5 Å². The molecule has 7 nitrogen and oxygen atoms in total. The fourth-order valence-corrected chi connectivity index (χ4v) is 3.29. The summed E-state index contributed by atoms with van der Waals surface area (Å²) < 4.78 is 1.99. The predicted molar refractivity (Wildman–Crippen MR) is 108 cm³/mol. The van der Waals surface area contributed by atoms with Crippen molar-refractivity contribution in [3.8, 4) is 0 Å². The van der Waals surface area contributed by atoms with Crippen molar-refractivity contribution in [3.05, 3.63) is 70.5 Å². The molecule has 0 radical (unpaired) electrons. The van der Waals surface area contributed by atoms with E-state index in [0.717, 1.165) is 16.9 Å². The number of para-hydroxylation sites is 3. The van der Waals surface area contributed by atoms with Crippen LogP contribution in [0, 0.1) is 0 Å². The first-order valence-electron chi connectivity index (χ1n) is 9.27. The topological polar surface area (TPSA) is 92.7 Å². The fourth-order valence-electron chi connectivity index (χ4n) is 3.29. The van der Waals surface area contributed by atoms with Crippen LogP contribution in [0.15, 0.2) is 53.3 Å². The molecule has 142 valence electrons. The molecular formula is C21H21N5O2. The summed E-state index contributed by atoms with van der Waals surface area (Å²) in [6.45, 7) is 0.384. The second-order valence-corrected chi connectivity index (χ2v) is 6.74. The lowest BCUT2D eigenvalue weighted by Crippen LogP contribution is -2.24. The number of amides is 1. The van der Waals surface area contributed by atoms with Crippen molar-refractivity contribution in [2.45, 2.75) is 25.8 Å². The molecule has 0 bridgehead atoms. The van der Waals surface area contributed by atoms with Crippen LogP contribution in [-0.4, -0.2) is 25.4 Å². The van der Waals surface area contributed by atoms with Crippen molar-refractivity contribution in [2.24, 2.45) is 7.05 Å². The Bertz CT molecular complexity index is 1210. The van der Waals surface area contributed by atoms with Crippen LogP contribution in [-0.2, 0) is 24.8 Å². The minimum absolute atomic E-state index is 0.0461. The number of imidazole rings is 1. The Balaban J connectivity index is 1.32. The Morgan fingerprint density at radius 1 is 1.07 bits per heavy atom. The van der Waals surface area contributed by atoms with Gasteiger partial charge in [-0.2, -0.15) is 0 Å². The normalized spacial score (nSPS) is 11.2. The molecule has 4 aromatic rings. The Hall–Kier alpha value is -3.48. The van der Waals surface area contributed by atoms with Gasteiger partial charge in [-0.15, -0.1) is 0 Å². The van der Waals surface area contributed by atoms with Gasteiger partial charge in [-0.25, -0.2) is 9.97 Å². The third-order valence-electron chi connectivity index (χ3n) is 4.80. The molecule has 28 heavy (non-hydrogen) atoms. The van der Waals surface area contributed by atoms with Gasteiger partial charge in [-0.05, 0) is 30.7 Å². The lowest BCUT2D eigenvalue weighted by atomic mass is 10.2. The van der Waals surface area contributed by atoms with E-state index in [4.69, 9.17) is 0 Å². The lowest BCUT2D eigenvalue weighted by molar-refractivity contribution is -0.121. The van der Waals surface area contributed by atoms with Crippen molar-refractivity contribution < 1.29 is 4.79 Å². The minimum Gasteiger partial charge on any atom is -0.349 e. The molecule has 2 aromatic carbocycles. The SMILES string of the molecule is Cn1c(CNC(=O)CCCc2nc3ccccc3c(=O)[nH]2)nc2ccccc21. The lowest BCUT2D eigenvalue weighted by Gasteiger charge is -2.06. The zero-order chi connectivity index (χ0) is 19.5. The van der Waals surface area contributed by atoms with Crippen molar-refractivity contribution in [2.75, 3.05) is 0 Å². The molecule has 0 unspecified atom stereocenters. The molecule has 2 N–H and O–H groups in total. The highest BCUT2D eigenvalue weighted by Gasteiger charge is 2.09. The Morgan fingerprint density at radius 3 is 2.64 bits per heavy atom. The minimum atomic E-state index is -0.146. The van der Waals surface area contributed by atoms with Gasteiger partial charge >= 0.3 is 0 Å². The Kier molecular flexibility index (Phi) is 4.89. The van der Waals surface area contributed by atoms with Gasteiger partial charge in [0.2, 0.25) is 5.91 Å². The van der Waals surface area contributed by atoms with Crippen molar-refractivity contribution in [1.29, 1.82) is 0 Å². The summed E-state index contributed by atoms with van der Waals surface area (Å²) in [7, 11) is 1.94. The van der Waals surface area contributed by atoms with Crippen LogP contribution >= 0.6 is 0 Å². The maximum Gasteiger partial charge on any atom is 0.258 e. The average molecular weight is 375 g/mol. The number of fused-ring (bicyclic) bond motifs is 2. The largest absolute Gasteiger partial charge is 0.349 e. The van der Waals surface area contributed by atoms with Gasteiger partial charge in [0.15, 0.2) is 0 Å². The van der Waals surface area contributed by atoms with E-state index in [1.54, 1.807) is 6.07 Å². The quantitative estimate of drug-likeness (QED) is 0.541. The van der Waals surface area contributed by atoms with Gasteiger partial charge in [0.05, 0.1) is 28.5 Å². The standard InChI is InChI=1S/C21H21N5O2/c1-26-17-10-5-4-9-16(17)24-19(26)13-22-20(27)12-6-11-18-23-15-8-3-2-7-14(15)21(28)25-18/h2-5,7-10H,6,11-13H2,1H3,(H,22,27)(H,23,25,28). The first-order valence-corrected chi connectivity index (χ1v) is 9.27. The smallest absolute Gasteiger partial charge is 0.258 e. The summed E-state index contributed by atoms with van der Waals surface area (Å²) in [6, 6.07) is 15.1. The van der Waals surface area contributed by atoms with Crippen LogP contribution in [0.25, 0.3) is 21.9 Å². The summed E-state index contributed by atoms with van der Waals surface area (Å²) >= 11 is 0. The van der Waals surface area contributed by atoms with Gasteiger partial charge in [0.1, 0.15) is 11.6 Å². The van der Waals surface area contributed by atoms with E-state index in [1.165, 1.54) is 0 Å². The molecule has 0 aliphatic heterocycles. The molecule has 0 saturated heterocycles. The maximum absolute atomic E-state index is 12.2. The second kappa shape index (κ2) is 7.64. The first kappa shape index (κ1) is 17.9. The molecule has 0 aliphatic rings. The number of aromatic nitrogens is 4. The van der Waals surface area contributed by atoms with E-state index in [1.807, 2.05) is 54.1 Å². The number of aryl methyl sites for hydroxylation is 2. The van der Waals surface area contributed by atoms with Gasteiger partial charge in [-0.3, -0.25) is 9.59 Å². The number of benzene rings is 2. The summed E-state index contributed by atoms with van der Waals surface area (Å²) in [5.41, 5.74) is 2.48. The van der Waals surface area contributed by atoms with Crippen LogP contribution < -0.4 is 10.9 Å². The third-order valence-corrected chi connectivity index (χ3v) is 4.80. The summed E-state index contributed by atoms with van der Waals surface area (Å²) in [4.78, 5) is 36.1. The molecule has 0 spiro atoms. The number of nitrogens with one attached hydrogen (secondary N) is 2. The number of rotatable bonds is 6. The molecule has 0 aliphatic carbocycles. The Morgan fingerprint density at radius 2 is 1.82 bits per heavy atom. The number of nitrogens with zero attached hydrogens (tertiary/aromatic N) is 3. The first-order chi connectivity index (χ1) is 13.6. The number of hydrogen-bond donors (Lipinski definition) is 2. The molecule has 0 saturated carbocycles. The summed E-state index contributed by atoms with van der Waals surface area (Å²) in [5, 5.41) is 3.49. The van der Waals surface area contributed by atoms with Crippen LogP contribution in [0.5, 0.6) is 0 Å². The number of hydrogen-bond acceptors (Lipinski definition) is 4.